The number of rotatable bonds is 9. The molecule has 0 bridgehead atoms. The molecule has 166 valence electrons. The van der Waals surface area contributed by atoms with E-state index in [2.05, 4.69) is 10.6 Å². The van der Waals surface area contributed by atoms with E-state index in [1.165, 1.54) is 18.2 Å². The smallest absolute Gasteiger partial charge is 0.262 e. The Bertz CT molecular complexity index is 1070. The minimum Gasteiger partial charge on any atom is -0.491 e. The number of ether oxygens (including phenoxy) is 2. The van der Waals surface area contributed by atoms with Crippen LogP contribution in [0.1, 0.15) is 29.8 Å². The fourth-order valence-corrected chi connectivity index (χ4v) is 2.91. The number of benzene rings is 3. The summed E-state index contributed by atoms with van der Waals surface area (Å²) in [5, 5.41) is 5.28. The predicted molar refractivity (Wildman–Crippen MR) is 120 cm³/mol. The minimum atomic E-state index is -0.538. The Balaban J connectivity index is 1.56. The molecule has 0 atom stereocenters. The van der Waals surface area contributed by atoms with Gasteiger partial charge in [-0.3, -0.25) is 9.59 Å². The van der Waals surface area contributed by atoms with Crippen LogP contribution in [0.2, 0.25) is 0 Å². The van der Waals surface area contributed by atoms with Crippen LogP contribution in [0.3, 0.4) is 0 Å². The van der Waals surface area contributed by atoms with Gasteiger partial charge >= 0.3 is 0 Å². The van der Waals surface area contributed by atoms with Gasteiger partial charge in [-0.1, -0.05) is 36.4 Å². The third-order valence-electron chi connectivity index (χ3n) is 4.39. The highest BCUT2D eigenvalue weighted by Gasteiger charge is 2.14. The Morgan fingerprint density at radius 3 is 2.34 bits per heavy atom. The van der Waals surface area contributed by atoms with Crippen LogP contribution in [0.5, 0.6) is 11.5 Å². The van der Waals surface area contributed by atoms with Crippen LogP contribution in [-0.2, 0) is 11.3 Å². The monoisotopic (exact) mass is 436 g/mol. The van der Waals surface area contributed by atoms with Gasteiger partial charge in [0.15, 0.2) is 6.61 Å². The Hall–Kier alpha value is -3.87. The van der Waals surface area contributed by atoms with Gasteiger partial charge < -0.3 is 20.1 Å². The molecule has 0 aliphatic carbocycles. The molecular formula is C25H25FN2O4. The highest BCUT2D eigenvalue weighted by molar-refractivity contribution is 5.97. The number of para-hydroxylation sites is 2. The number of halogens is 1. The van der Waals surface area contributed by atoms with Gasteiger partial charge in [-0.2, -0.15) is 0 Å². The summed E-state index contributed by atoms with van der Waals surface area (Å²) in [7, 11) is 0. The maximum absolute atomic E-state index is 13.7. The highest BCUT2D eigenvalue weighted by Crippen LogP contribution is 2.19. The van der Waals surface area contributed by atoms with E-state index in [9.17, 15) is 14.0 Å². The molecule has 2 amide bonds. The molecule has 3 aromatic rings. The van der Waals surface area contributed by atoms with Gasteiger partial charge in [-0.05, 0) is 55.8 Å². The SMILES string of the molecule is CC(C)Oc1ccc(CNC(=O)c2ccccc2OCC(=O)Nc2ccccc2F)cc1. The predicted octanol–water partition coefficient (Wildman–Crippen LogP) is 4.56. The highest BCUT2D eigenvalue weighted by atomic mass is 19.1. The van der Waals surface area contributed by atoms with Gasteiger partial charge in [-0.15, -0.1) is 0 Å². The maximum Gasteiger partial charge on any atom is 0.262 e. The van der Waals surface area contributed by atoms with Crippen molar-refractivity contribution < 1.29 is 23.5 Å². The summed E-state index contributed by atoms with van der Waals surface area (Å²) in [5.41, 5.74) is 1.28. The summed E-state index contributed by atoms with van der Waals surface area (Å²) in [6, 6.07) is 19.9. The molecule has 3 aromatic carbocycles. The van der Waals surface area contributed by atoms with Crippen LogP contribution in [-0.4, -0.2) is 24.5 Å². The molecule has 0 saturated heterocycles. The van der Waals surface area contributed by atoms with E-state index < -0.39 is 11.7 Å². The van der Waals surface area contributed by atoms with E-state index in [0.29, 0.717) is 12.1 Å². The molecule has 32 heavy (non-hydrogen) atoms. The number of amides is 2. The van der Waals surface area contributed by atoms with Crippen LogP contribution in [0.25, 0.3) is 0 Å². The first kappa shape index (κ1) is 22.8. The zero-order valence-electron chi connectivity index (χ0n) is 17.9. The van der Waals surface area contributed by atoms with Crippen LogP contribution >= 0.6 is 0 Å². The largest absolute Gasteiger partial charge is 0.491 e. The number of carbonyl (C=O) groups excluding carboxylic acids is 2. The van der Waals surface area contributed by atoms with E-state index in [0.717, 1.165) is 11.3 Å². The van der Waals surface area contributed by atoms with Crippen LogP contribution in [0.4, 0.5) is 10.1 Å². The zero-order chi connectivity index (χ0) is 22.9. The summed E-state index contributed by atoms with van der Waals surface area (Å²) < 4.78 is 24.8. The fourth-order valence-electron chi connectivity index (χ4n) is 2.91. The second-order valence-corrected chi connectivity index (χ2v) is 7.31. The normalized spacial score (nSPS) is 10.5. The molecule has 3 rings (SSSR count). The summed E-state index contributed by atoms with van der Waals surface area (Å²) in [4.78, 5) is 24.8. The zero-order valence-corrected chi connectivity index (χ0v) is 17.9. The van der Waals surface area contributed by atoms with E-state index in [1.807, 2.05) is 38.1 Å². The third-order valence-corrected chi connectivity index (χ3v) is 4.39. The van der Waals surface area contributed by atoms with Crippen molar-refractivity contribution in [2.45, 2.75) is 26.5 Å². The first-order valence-corrected chi connectivity index (χ1v) is 10.2. The van der Waals surface area contributed by atoms with Crippen LogP contribution < -0.4 is 20.1 Å². The van der Waals surface area contributed by atoms with Crippen molar-refractivity contribution >= 4 is 17.5 Å². The van der Waals surface area contributed by atoms with Crippen LogP contribution in [0, 0.1) is 5.82 Å². The Morgan fingerprint density at radius 2 is 1.62 bits per heavy atom. The number of nitrogens with one attached hydrogen (secondary N) is 2. The molecule has 0 aliphatic heterocycles. The van der Waals surface area contributed by atoms with E-state index in [4.69, 9.17) is 9.47 Å². The molecule has 0 saturated carbocycles. The van der Waals surface area contributed by atoms with Gasteiger partial charge in [-0.25, -0.2) is 4.39 Å². The van der Waals surface area contributed by atoms with Crippen molar-refractivity contribution in [2.75, 3.05) is 11.9 Å². The Kier molecular flexibility index (Phi) is 7.80. The number of anilines is 1. The van der Waals surface area contributed by atoms with Gasteiger partial charge in [0.05, 0.1) is 17.4 Å². The lowest BCUT2D eigenvalue weighted by molar-refractivity contribution is -0.118. The average molecular weight is 436 g/mol. The van der Waals surface area contributed by atoms with E-state index >= 15 is 0 Å². The van der Waals surface area contributed by atoms with Gasteiger partial charge in [0, 0.05) is 6.54 Å². The lowest BCUT2D eigenvalue weighted by atomic mass is 10.1. The minimum absolute atomic E-state index is 0.0666. The van der Waals surface area contributed by atoms with Crippen molar-refractivity contribution in [1.82, 2.24) is 5.32 Å². The Morgan fingerprint density at radius 1 is 0.938 bits per heavy atom. The van der Waals surface area contributed by atoms with Crippen molar-refractivity contribution in [1.29, 1.82) is 0 Å². The van der Waals surface area contributed by atoms with Gasteiger partial charge in [0.25, 0.3) is 11.8 Å². The van der Waals surface area contributed by atoms with Crippen molar-refractivity contribution in [3.8, 4) is 11.5 Å². The molecule has 0 aromatic heterocycles. The maximum atomic E-state index is 13.7. The fraction of sp³-hybridized carbons (Fsp3) is 0.200. The van der Waals surface area contributed by atoms with E-state index in [-0.39, 0.29) is 30.1 Å². The van der Waals surface area contributed by atoms with Gasteiger partial charge in [0.2, 0.25) is 0 Å². The van der Waals surface area contributed by atoms with Crippen molar-refractivity contribution in [3.63, 3.8) is 0 Å². The summed E-state index contributed by atoms with van der Waals surface area (Å²) in [5.74, 6) is -0.382. The molecule has 0 radical (unpaired) electrons. The molecule has 2 N–H and O–H groups in total. The van der Waals surface area contributed by atoms with Crippen LogP contribution in [0.15, 0.2) is 72.8 Å². The van der Waals surface area contributed by atoms with Crippen molar-refractivity contribution in [3.05, 3.63) is 89.7 Å². The lowest BCUT2D eigenvalue weighted by Gasteiger charge is -2.13. The summed E-state index contributed by atoms with van der Waals surface area (Å²) >= 11 is 0. The first-order valence-electron chi connectivity index (χ1n) is 10.2. The van der Waals surface area contributed by atoms with Gasteiger partial charge in [0.1, 0.15) is 17.3 Å². The quantitative estimate of drug-likeness (QED) is 0.516. The second kappa shape index (κ2) is 10.9. The molecular weight excluding hydrogens is 411 g/mol. The average Bonchev–Trinajstić information content (AvgIpc) is 2.78. The first-order chi connectivity index (χ1) is 15.4. The topological polar surface area (TPSA) is 76.7 Å². The molecule has 0 heterocycles. The third kappa shape index (κ3) is 6.57. The standard InChI is InChI=1S/C25H25FN2O4/c1-17(2)32-19-13-11-18(12-14-19)15-27-25(30)20-7-3-6-10-23(20)31-16-24(29)28-22-9-5-4-8-21(22)26/h3-14,17H,15-16H2,1-2H3,(H,27,30)(H,28,29). The van der Waals surface area contributed by atoms with Crippen molar-refractivity contribution in [2.24, 2.45) is 0 Å². The molecule has 0 unspecified atom stereocenters. The number of hydrogen-bond donors (Lipinski definition) is 2. The molecule has 0 spiro atoms. The van der Waals surface area contributed by atoms with E-state index in [1.54, 1.807) is 30.3 Å². The number of hydrogen-bond acceptors (Lipinski definition) is 4. The molecule has 0 aliphatic rings. The molecule has 7 heteroatoms. The lowest BCUT2D eigenvalue weighted by Crippen LogP contribution is -2.25. The molecule has 6 nitrogen and oxygen atoms in total. The summed E-state index contributed by atoms with van der Waals surface area (Å²) in [6.07, 6.45) is 0.0888. The Labute approximate surface area is 186 Å². The summed E-state index contributed by atoms with van der Waals surface area (Å²) in [6.45, 7) is 3.87. The number of carbonyl (C=O) groups is 2. The molecule has 0 fully saturated rings. The second-order valence-electron chi connectivity index (χ2n) is 7.31.